The van der Waals surface area contributed by atoms with Gasteiger partial charge in [0.15, 0.2) is 0 Å². The van der Waals surface area contributed by atoms with Crippen LogP contribution in [0.2, 0.25) is 0 Å². The standard InChI is InChI=1S/C13H14N4/c1-9-16-12-5-4-10(7-13(12)17-9)15-8-11-3-2-6-14-11/h2-7,14-15H,8H2,1H3,(H,16,17). The van der Waals surface area contributed by atoms with Crippen LogP contribution in [0.1, 0.15) is 11.5 Å². The van der Waals surface area contributed by atoms with Crippen molar-refractivity contribution in [3.63, 3.8) is 0 Å². The van der Waals surface area contributed by atoms with Crippen molar-refractivity contribution in [2.24, 2.45) is 0 Å². The molecule has 0 aliphatic carbocycles. The van der Waals surface area contributed by atoms with Crippen LogP contribution in [0.25, 0.3) is 11.0 Å². The van der Waals surface area contributed by atoms with Crippen molar-refractivity contribution in [3.8, 4) is 0 Å². The van der Waals surface area contributed by atoms with Crippen LogP contribution in [0.4, 0.5) is 5.69 Å². The average molecular weight is 226 g/mol. The molecule has 4 nitrogen and oxygen atoms in total. The van der Waals surface area contributed by atoms with Crippen molar-refractivity contribution >= 4 is 16.7 Å². The summed E-state index contributed by atoms with van der Waals surface area (Å²) >= 11 is 0. The van der Waals surface area contributed by atoms with E-state index in [0.29, 0.717) is 0 Å². The molecule has 3 N–H and O–H groups in total. The zero-order chi connectivity index (χ0) is 11.7. The molecule has 3 rings (SSSR count). The van der Waals surface area contributed by atoms with Crippen molar-refractivity contribution in [1.82, 2.24) is 15.0 Å². The normalized spacial score (nSPS) is 10.9. The van der Waals surface area contributed by atoms with Crippen LogP contribution in [0.5, 0.6) is 0 Å². The lowest BCUT2D eigenvalue weighted by Gasteiger charge is -2.04. The number of rotatable bonds is 3. The molecule has 2 heterocycles. The SMILES string of the molecule is Cc1nc2ccc(NCc3ccc[nH]3)cc2[nH]1. The van der Waals surface area contributed by atoms with Gasteiger partial charge in [-0.2, -0.15) is 0 Å². The largest absolute Gasteiger partial charge is 0.379 e. The maximum atomic E-state index is 4.37. The van der Waals surface area contributed by atoms with Crippen LogP contribution < -0.4 is 5.32 Å². The summed E-state index contributed by atoms with van der Waals surface area (Å²) in [5, 5.41) is 3.37. The Hall–Kier alpha value is -2.23. The summed E-state index contributed by atoms with van der Waals surface area (Å²) < 4.78 is 0. The van der Waals surface area contributed by atoms with Gasteiger partial charge in [-0.05, 0) is 37.3 Å². The van der Waals surface area contributed by atoms with Crippen molar-refractivity contribution in [2.45, 2.75) is 13.5 Å². The second-order valence-electron chi connectivity index (χ2n) is 4.10. The lowest BCUT2D eigenvalue weighted by Crippen LogP contribution is -1.99. The lowest BCUT2D eigenvalue weighted by atomic mass is 10.2. The van der Waals surface area contributed by atoms with Crippen LogP contribution >= 0.6 is 0 Å². The highest BCUT2D eigenvalue weighted by molar-refractivity contribution is 5.79. The molecule has 4 heteroatoms. The third-order valence-electron chi connectivity index (χ3n) is 2.75. The molecule has 0 unspecified atom stereocenters. The van der Waals surface area contributed by atoms with Crippen molar-refractivity contribution in [3.05, 3.63) is 48.0 Å². The van der Waals surface area contributed by atoms with Gasteiger partial charge in [0.05, 0.1) is 17.6 Å². The molecule has 0 saturated heterocycles. The van der Waals surface area contributed by atoms with E-state index in [9.17, 15) is 0 Å². The molecule has 86 valence electrons. The smallest absolute Gasteiger partial charge is 0.104 e. The quantitative estimate of drug-likeness (QED) is 0.643. The number of imidazole rings is 1. The molecule has 0 atom stereocenters. The Morgan fingerprint density at radius 3 is 3.06 bits per heavy atom. The van der Waals surface area contributed by atoms with E-state index >= 15 is 0 Å². The molecule has 2 aromatic heterocycles. The maximum absolute atomic E-state index is 4.37. The molecule has 0 spiro atoms. The van der Waals surface area contributed by atoms with Crippen molar-refractivity contribution < 1.29 is 0 Å². The summed E-state index contributed by atoms with van der Waals surface area (Å²) in [6.07, 6.45) is 1.93. The van der Waals surface area contributed by atoms with Gasteiger partial charge < -0.3 is 15.3 Å². The molecule has 1 aromatic carbocycles. The first-order chi connectivity index (χ1) is 8.31. The van der Waals surface area contributed by atoms with Gasteiger partial charge in [0, 0.05) is 17.6 Å². The zero-order valence-electron chi connectivity index (χ0n) is 9.62. The number of hydrogen-bond acceptors (Lipinski definition) is 2. The molecule has 0 radical (unpaired) electrons. The van der Waals surface area contributed by atoms with Crippen LogP contribution in [0.15, 0.2) is 36.5 Å². The van der Waals surface area contributed by atoms with Crippen molar-refractivity contribution in [2.75, 3.05) is 5.32 Å². The summed E-state index contributed by atoms with van der Waals surface area (Å²) in [4.78, 5) is 10.8. The zero-order valence-corrected chi connectivity index (χ0v) is 9.62. The van der Waals surface area contributed by atoms with Crippen LogP contribution in [0.3, 0.4) is 0 Å². The molecule has 0 aliphatic heterocycles. The van der Waals surface area contributed by atoms with Crippen LogP contribution in [-0.2, 0) is 6.54 Å². The fourth-order valence-electron chi connectivity index (χ4n) is 1.92. The second kappa shape index (κ2) is 3.97. The molecule has 0 saturated carbocycles. The molecular weight excluding hydrogens is 212 g/mol. The number of anilines is 1. The Balaban J connectivity index is 1.81. The van der Waals surface area contributed by atoms with Gasteiger partial charge in [-0.25, -0.2) is 4.98 Å². The van der Waals surface area contributed by atoms with E-state index in [2.05, 4.69) is 32.4 Å². The highest BCUT2D eigenvalue weighted by Gasteiger charge is 2.00. The number of aromatic amines is 2. The summed E-state index contributed by atoms with van der Waals surface area (Å²) in [5.41, 5.74) is 4.34. The summed E-state index contributed by atoms with van der Waals surface area (Å²) in [7, 11) is 0. The number of aryl methyl sites for hydroxylation is 1. The number of fused-ring (bicyclic) bond motifs is 1. The molecule has 0 bridgehead atoms. The Morgan fingerprint density at radius 2 is 2.24 bits per heavy atom. The number of benzene rings is 1. The maximum Gasteiger partial charge on any atom is 0.104 e. The molecular formula is C13H14N4. The topological polar surface area (TPSA) is 56.5 Å². The Labute approximate surface area is 99.1 Å². The first-order valence-electron chi connectivity index (χ1n) is 5.64. The predicted molar refractivity (Wildman–Crippen MR) is 69.0 cm³/mol. The molecule has 17 heavy (non-hydrogen) atoms. The van der Waals surface area contributed by atoms with Gasteiger partial charge >= 0.3 is 0 Å². The fourth-order valence-corrected chi connectivity index (χ4v) is 1.92. The van der Waals surface area contributed by atoms with Gasteiger partial charge in [-0.3, -0.25) is 0 Å². The first kappa shape index (κ1) is 9.96. The molecule has 0 amide bonds. The number of aromatic nitrogens is 3. The van der Waals surface area contributed by atoms with Gasteiger partial charge in [0.2, 0.25) is 0 Å². The van der Waals surface area contributed by atoms with Gasteiger partial charge in [0.1, 0.15) is 5.82 Å². The van der Waals surface area contributed by atoms with Crippen LogP contribution in [-0.4, -0.2) is 15.0 Å². The number of nitrogens with zero attached hydrogens (tertiary/aromatic N) is 1. The third kappa shape index (κ3) is 2.01. The van der Waals surface area contributed by atoms with E-state index in [1.165, 1.54) is 5.69 Å². The summed E-state index contributed by atoms with van der Waals surface area (Å²) in [5.74, 6) is 0.946. The molecule has 0 fully saturated rings. The van der Waals surface area contributed by atoms with Gasteiger partial charge in [-0.1, -0.05) is 0 Å². The second-order valence-corrected chi connectivity index (χ2v) is 4.10. The number of H-pyrrole nitrogens is 2. The summed E-state index contributed by atoms with van der Waals surface area (Å²) in [6, 6.07) is 10.2. The van der Waals surface area contributed by atoms with Crippen molar-refractivity contribution in [1.29, 1.82) is 0 Å². The van der Waals surface area contributed by atoms with E-state index in [1.54, 1.807) is 0 Å². The monoisotopic (exact) mass is 226 g/mol. The van der Waals surface area contributed by atoms with E-state index in [4.69, 9.17) is 0 Å². The van der Waals surface area contributed by atoms with E-state index in [0.717, 1.165) is 29.1 Å². The van der Waals surface area contributed by atoms with Crippen LogP contribution in [0, 0.1) is 6.92 Å². The highest BCUT2D eigenvalue weighted by Crippen LogP contribution is 2.17. The van der Waals surface area contributed by atoms with E-state index in [-0.39, 0.29) is 0 Å². The number of hydrogen-bond donors (Lipinski definition) is 3. The molecule has 3 aromatic rings. The van der Waals surface area contributed by atoms with E-state index < -0.39 is 0 Å². The summed E-state index contributed by atoms with van der Waals surface area (Å²) in [6.45, 7) is 2.76. The predicted octanol–water partition coefficient (Wildman–Crippen LogP) is 2.81. The Morgan fingerprint density at radius 1 is 1.29 bits per heavy atom. The average Bonchev–Trinajstić information content (AvgIpc) is 2.92. The Kier molecular flexibility index (Phi) is 2.33. The number of nitrogens with one attached hydrogen (secondary N) is 3. The minimum absolute atomic E-state index is 0.797. The minimum atomic E-state index is 0.797. The minimum Gasteiger partial charge on any atom is -0.379 e. The lowest BCUT2D eigenvalue weighted by molar-refractivity contribution is 1.07. The Bertz CT molecular complexity index is 622. The molecule has 0 aliphatic rings. The van der Waals surface area contributed by atoms with Gasteiger partial charge in [0.25, 0.3) is 0 Å². The highest BCUT2D eigenvalue weighted by atomic mass is 14.9. The third-order valence-corrected chi connectivity index (χ3v) is 2.75. The van der Waals surface area contributed by atoms with Gasteiger partial charge in [-0.15, -0.1) is 0 Å². The fraction of sp³-hybridized carbons (Fsp3) is 0.154. The van der Waals surface area contributed by atoms with E-state index in [1.807, 2.05) is 31.3 Å². The first-order valence-corrected chi connectivity index (χ1v) is 5.64.